The Hall–Kier alpha value is -2.86. The lowest BCUT2D eigenvalue weighted by molar-refractivity contribution is -0.116. The van der Waals surface area contributed by atoms with Crippen molar-refractivity contribution in [2.24, 2.45) is 7.05 Å². The number of hydrogen-bond acceptors (Lipinski definition) is 4. The fourth-order valence-corrected chi connectivity index (χ4v) is 4.48. The normalized spacial score (nSPS) is 15.8. The number of nitrogens with zero attached hydrogens (tertiary/aromatic N) is 2. The van der Waals surface area contributed by atoms with Crippen molar-refractivity contribution in [1.29, 1.82) is 0 Å². The van der Waals surface area contributed by atoms with E-state index in [-0.39, 0.29) is 23.8 Å². The van der Waals surface area contributed by atoms with Crippen molar-refractivity contribution in [2.75, 3.05) is 5.32 Å². The van der Waals surface area contributed by atoms with E-state index in [1.807, 2.05) is 73.1 Å². The molecule has 28 heavy (non-hydrogen) atoms. The lowest BCUT2D eigenvalue weighted by Gasteiger charge is -2.27. The summed E-state index contributed by atoms with van der Waals surface area (Å²) in [6.07, 6.45) is 0.254. The highest BCUT2D eigenvalue weighted by Gasteiger charge is 2.32. The molecule has 0 bridgehead atoms. The molecular formula is C22H21N3O2S. The van der Waals surface area contributed by atoms with Gasteiger partial charge in [0.15, 0.2) is 5.16 Å². The van der Waals surface area contributed by atoms with Gasteiger partial charge in [0.1, 0.15) is 5.82 Å². The molecule has 142 valence electrons. The maximum Gasteiger partial charge on any atom is 0.279 e. The largest absolute Gasteiger partial charge is 0.312 e. The molecule has 2 heterocycles. The van der Waals surface area contributed by atoms with Crippen LogP contribution in [0.3, 0.4) is 0 Å². The highest BCUT2D eigenvalue weighted by Crippen LogP contribution is 2.36. The summed E-state index contributed by atoms with van der Waals surface area (Å²) in [5.74, 6) is 0.898. The minimum Gasteiger partial charge on any atom is -0.312 e. The zero-order valence-corrected chi connectivity index (χ0v) is 16.6. The molecule has 4 rings (SSSR count). The molecule has 1 atom stereocenters. The average Bonchev–Trinajstić information content (AvgIpc) is 2.69. The molecule has 5 nitrogen and oxygen atoms in total. The van der Waals surface area contributed by atoms with E-state index in [4.69, 9.17) is 0 Å². The lowest BCUT2D eigenvalue weighted by Crippen LogP contribution is -2.33. The van der Waals surface area contributed by atoms with Crippen LogP contribution in [-0.4, -0.2) is 15.5 Å². The number of aryl methyl sites for hydroxylation is 1. The van der Waals surface area contributed by atoms with E-state index in [9.17, 15) is 9.59 Å². The number of rotatable bonds is 4. The number of thioether (sulfide) groups is 1. The molecule has 0 spiro atoms. The smallest absolute Gasteiger partial charge is 0.279 e. The van der Waals surface area contributed by atoms with Gasteiger partial charge in [0.25, 0.3) is 5.56 Å². The van der Waals surface area contributed by atoms with Crippen LogP contribution in [0.15, 0.2) is 64.5 Å². The monoisotopic (exact) mass is 391 g/mol. The number of hydrogen-bond donors (Lipinski definition) is 1. The van der Waals surface area contributed by atoms with Gasteiger partial charge in [-0.05, 0) is 18.1 Å². The lowest BCUT2D eigenvalue weighted by atomic mass is 9.86. The van der Waals surface area contributed by atoms with Gasteiger partial charge in [-0.15, -0.1) is 0 Å². The second-order valence-electron chi connectivity index (χ2n) is 7.01. The molecule has 1 aromatic heterocycles. The van der Waals surface area contributed by atoms with Gasteiger partial charge in [-0.2, -0.15) is 4.98 Å². The van der Waals surface area contributed by atoms with Crippen LogP contribution in [0.2, 0.25) is 0 Å². The maximum atomic E-state index is 12.9. The number of nitrogens with one attached hydrogen (secondary N) is 1. The Morgan fingerprint density at radius 3 is 2.68 bits per heavy atom. The number of anilines is 1. The van der Waals surface area contributed by atoms with Crippen molar-refractivity contribution in [3.8, 4) is 0 Å². The summed E-state index contributed by atoms with van der Waals surface area (Å²) in [5, 5.41) is 3.49. The van der Waals surface area contributed by atoms with E-state index in [0.29, 0.717) is 22.3 Å². The minimum atomic E-state index is -0.275. The van der Waals surface area contributed by atoms with Crippen LogP contribution in [0, 0.1) is 6.92 Å². The molecule has 6 heteroatoms. The van der Waals surface area contributed by atoms with Crippen LogP contribution in [0.4, 0.5) is 5.82 Å². The van der Waals surface area contributed by atoms with E-state index in [1.54, 1.807) is 0 Å². The minimum absolute atomic E-state index is 0.0841. The van der Waals surface area contributed by atoms with E-state index < -0.39 is 0 Å². The highest BCUT2D eigenvalue weighted by atomic mass is 32.2. The fourth-order valence-electron chi connectivity index (χ4n) is 3.56. The SMILES string of the molecule is Cc1cccc(C2CC(=O)Nc3c2c(=O)nc(SCc2ccccc2)n3C)c1. The van der Waals surface area contributed by atoms with Crippen LogP contribution in [0.1, 0.15) is 34.6 Å². The van der Waals surface area contributed by atoms with E-state index in [0.717, 1.165) is 16.7 Å². The van der Waals surface area contributed by atoms with Crippen LogP contribution in [-0.2, 0) is 17.6 Å². The summed E-state index contributed by atoms with van der Waals surface area (Å²) >= 11 is 1.49. The third-order valence-electron chi connectivity index (χ3n) is 4.96. The first kappa shape index (κ1) is 18.5. The molecule has 1 aliphatic heterocycles. The first-order valence-electron chi connectivity index (χ1n) is 9.17. The van der Waals surface area contributed by atoms with Gasteiger partial charge in [-0.3, -0.25) is 9.59 Å². The third kappa shape index (κ3) is 3.60. The summed E-state index contributed by atoms with van der Waals surface area (Å²) in [4.78, 5) is 29.7. The molecule has 1 unspecified atom stereocenters. The Labute approximate surface area is 167 Å². The number of carbonyl (C=O) groups excluding carboxylic acids is 1. The Morgan fingerprint density at radius 1 is 1.14 bits per heavy atom. The van der Waals surface area contributed by atoms with E-state index in [2.05, 4.69) is 10.3 Å². The zero-order valence-electron chi connectivity index (χ0n) is 15.8. The number of amides is 1. The standard InChI is InChI=1S/C22H21N3O2S/c1-14-7-6-10-16(11-14)17-12-18(26)23-20-19(17)21(27)24-22(25(20)2)28-13-15-8-4-3-5-9-15/h3-11,17H,12-13H2,1-2H3,(H,23,26). The molecule has 0 aliphatic carbocycles. The first-order valence-corrected chi connectivity index (χ1v) is 10.2. The van der Waals surface area contributed by atoms with Gasteiger partial charge in [0.2, 0.25) is 5.91 Å². The van der Waals surface area contributed by atoms with Crippen molar-refractivity contribution >= 4 is 23.5 Å². The summed E-state index contributed by atoms with van der Waals surface area (Å²) in [7, 11) is 1.84. The van der Waals surface area contributed by atoms with Gasteiger partial charge in [-0.25, -0.2) is 0 Å². The number of benzene rings is 2. The van der Waals surface area contributed by atoms with Crippen LogP contribution >= 0.6 is 11.8 Å². The van der Waals surface area contributed by atoms with Crippen molar-refractivity contribution in [1.82, 2.24) is 9.55 Å². The third-order valence-corrected chi connectivity index (χ3v) is 6.06. The van der Waals surface area contributed by atoms with Gasteiger partial charge in [0, 0.05) is 25.1 Å². The molecule has 0 saturated heterocycles. The molecule has 2 aromatic carbocycles. The van der Waals surface area contributed by atoms with Crippen LogP contribution in [0.25, 0.3) is 0 Å². The summed E-state index contributed by atoms with van der Waals surface area (Å²) in [5.41, 5.74) is 3.53. The Balaban J connectivity index is 1.74. The van der Waals surface area contributed by atoms with Crippen molar-refractivity contribution in [3.05, 3.63) is 87.2 Å². The molecule has 0 radical (unpaired) electrons. The van der Waals surface area contributed by atoms with Gasteiger partial charge in [-0.1, -0.05) is 71.9 Å². The molecule has 0 saturated carbocycles. The van der Waals surface area contributed by atoms with Gasteiger partial charge >= 0.3 is 0 Å². The van der Waals surface area contributed by atoms with Gasteiger partial charge in [0.05, 0.1) is 5.56 Å². The first-order chi connectivity index (χ1) is 13.5. The number of fused-ring (bicyclic) bond motifs is 1. The molecule has 3 aromatic rings. The maximum absolute atomic E-state index is 12.9. The molecular weight excluding hydrogens is 370 g/mol. The summed E-state index contributed by atoms with van der Waals surface area (Å²) in [6.45, 7) is 2.01. The Morgan fingerprint density at radius 2 is 1.93 bits per heavy atom. The Bertz CT molecular complexity index is 1090. The highest BCUT2D eigenvalue weighted by molar-refractivity contribution is 7.98. The van der Waals surface area contributed by atoms with Crippen molar-refractivity contribution in [2.45, 2.75) is 30.2 Å². The number of carbonyl (C=O) groups is 1. The molecule has 1 N–H and O–H groups in total. The molecule has 1 aliphatic rings. The molecule has 0 fully saturated rings. The predicted octanol–water partition coefficient (Wildman–Crippen LogP) is 3.86. The quantitative estimate of drug-likeness (QED) is 0.542. The second kappa shape index (κ2) is 7.64. The summed E-state index contributed by atoms with van der Waals surface area (Å²) < 4.78 is 1.82. The van der Waals surface area contributed by atoms with E-state index in [1.165, 1.54) is 11.8 Å². The van der Waals surface area contributed by atoms with E-state index >= 15 is 0 Å². The average molecular weight is 391 g/mol. The van der Waals surface area contributed by atoms with Crippen LogP contribution in [0.5, 0.6) is 0 Å². The zero-order chi connectivity index (χ0) is 19.7. The van der Waals surface area contributed by atoms with Gasteiger partial charge < -0.3 is 9.88 Å². The van der Waals surface area contributed by atoms with Crippen LogP contribution < -0.4 is 10.9 Å². The second-order valence-corrected chi connectivity index (χ2v) is 7.96. The predicted molar refractivity (Wildman–Crippen MR) is 112 cm³/mol. The van der Waals surface area contributed by atoms with Crippen molar-refractivity contribution in [3.63, 3.8) is 0 Å². The fraction of sp³-hybridized carbons (Fsp3) is 0.227. The Kier molecular flexibility index (Phi) is 5.05. The number of aromatic nitrogens is 2. The summed E-state index contributed by atoms with van der Waals surface area (Å²) in [6, 6.07) is 18.0. The topological polar surface area (TPSA) is 64.0 Å². The van der Waals surface area contributed by atoms with Crippen molar-refractivity contribution < 1.29 is 4.79 Å². The molecule has 1 amide bonds.